The van der Waals surface area contributed by atoms with Crippen LogP contribution in [0, 0.1) is 13.8 Å². The normalized spacial score (nSPS) is 11.3. The Kier molecular flexibility index (Phi) is 3.51. The van der Waals surface area contributed by atoms with Crippen LogP contribution >= 0.6 is 22.9 Å². The summed E-state index contributed by atoms with van der Waals surface area (Å²) in [5.41, 5.74) is 3.63. The fraction of sp³-hybridized carbons (Fsp3) is 0.118. The third kappa shape index (κ3) is 2.53. The van der Waals surface area contributed by atoms with Gasteiger partial charge in [-0.05, 0) is 49.2 Å². The van der Waals surface area contributed by atoms with Gasteiger partial charge in [0.1, 0.15) is 0 Å². The van der Waals surface area contributed by atoms with Crippen LogP contribution in [0.2, 0.25) is 5.02 Å². The Morgan fingerprint density at radius 3 is 2.83 bits per heavy atom. The molecule has 120 valence electrons. The molecule has 0 fully saturated rings. The van der Waals surface area contributed by atoms with Gasteiger partial charge in [0, 0.05) is 10.7 Å². The summed E-state index contributed by atoms with van der Waals surface area (Å²) in [4.78, 5) is 17.7. The van der Waals surface area contributed by atoms with E-state index in [1.165, 1.54) is 15.9 Å². The molecule has 0 aliphatic rings. The number of nitrogens with zero attached hydrogens (tertiary/aromatic N) is 3. The van der Waals surface area contributed by atoms with Gasteiger partial charge in [-0.1, -0.05) is 35.1 Å². The molecule has 2 aromatic carbocycles. The van der Waals surface area contributed by atoms with Crippen LogP contribution in [0.25, 0.3) is 15.9 Å². The van der Waals surface area contributed by atoms with Crippen molar-refractivity contribution in [2.75, 3.05) is 5.32 Å². The average molecular weight is 357 g/mol. The molecule has 0 saturated carbocycles. The molecular weight excluding hydrogens is 344 g/mol. The minimum Gasteiger partial charge on any atom is -0.330 e. The number of benzene rings is 2. The first kappa shape index (κ1) is 15.1. The van der Waals surface area contributed by atoms with Crippen molar-refractivity contribution in [3.05, 3.63) is 62.9 Å². The molecule has 0 amide bonds. The van der Waals surface area contributed by atoms with Gasteiger partial charge in [0.2, 0.25) is 10.1 Å². The summed E-state index contributed by atoms with van der Waals surface area (Å²) in [7, 11) is 0. The van der Waals surface area contributed by atoms with Gasteiger partial charge in [0.15, 0.2) is 0 Å². The highest BCUT2D eigenvalue weighted by molar-refractivity contribution is 7.20. The highest BCUT2D eigenvalue weighted by Crippen LogP contribution is 2.26. The second-order valence-corrected chi connectivity index (χ2v) is 7.02. The van der Waals surface area contributed by atoms with Crippen LogP contribution in [0.3, 0.4) is 0 Å². The van der Waals surface area contributed by atoms with Crippen LogP contribution in [0.5, 0.6) is 0 Å². The number of aryl methyl sites for hydroxylation is 2. The molecule has 0 saturated heterocycles. The number of anilines is 2. The van der Waals surface area contributed by atoms with Crippen LogP contribution in [0.15, 0.2) is 41.2 Å². The van der Waals surface area contributed by atoms with Crippen LogP contribution < -0.4 is 10.9 Å². The highest BCUT2D eigenvalue weighted by atomic mass is 35.5. The van der Waals surface area contributed by atoms with Gasteiger partial charge in [-0.3, -0.25) is 4.79 Å². The zero-order valence-corrected chi connectivity index (χ0v) is 14.6. The highest BCUT2D eigenvalue weighted by Gasteiger charge is 2.12. The molecule has 0 radical (unpaired) electrons. The van der Waals surface area contributed by atoms with Crippen molar-refractivity contribution in [2.45, 2.75) is 13.8 Å². The zero-order chi connectivity index (χ0) is 16.8. The van der Waals surface area contributed by atoms with Gasteiger partial charge in [0.05, 0.1) is 10.9 Å². The SMILES string of the molecule is Cc1ccc(C)c(Nc2nn3c(=O)c4cc(Cl)ccc4nc3s2)c1. The number of fused-ring (bicyclic) bond motifs is 2. The van der Waals surface area contributed by atoms with E-state index in [0.717, 1.165) is 16.8 Å². The van der Waals surface area contributed by atoms with E-state index >= 15 is 0 Å². The third-order valence-electron chi connectivity index (χ3n) is 3.79. The van der Waals surface area contributed by atoms with Gasteiger partial charge >= 0.3 is 0 Å². The first-order chi connectivity index (χ1) is 11.5. The molecule has 0 aliphatic heterocycles. The molecule has 0 aliphatic carbocycles. The Hall–Kier alpha value is -2.44. The number of hydrogen-bond acceptors (Lipinski definition) is 5. The molecule has 4 rings (SSSR count). The molecule has 2 heterocycles. The molecule has 0 atom stereocenters. The van der Waals surface area contributed by atoms with Gasteiger partial charge < -0.3 is 5.32 Å². The lowest BCUT2D eigenvalue weighted by Crippen LogP contribution is -2.15. The zero-order valence-electron chi connectivity index (χ0n) is 13.0. The van der Waals surface area contributed by atoms with E-state index < -0.39 is 0 Å². The van der Waals surface area contributed by atoms with Gasteiger partial charge in [-0.15, -0.1) is 5.10 Å². The first-order valence-corrected chi connectivity index (χ1v) is 8.54. The summed E-state index contributed by atoms with van der Waals surface area (Å²) in [6.45, 7) is 4.06. The lowest BCUT2D eigenvalue weighted by molar-refractivity contribution is 0.919. The van der Waals surface area contributed by atoms with Crippen LogP contribution in [0.4, 0.5) is 10.8 Å². The molecule has 4 aromatic rings. The van der Waals surface area contributed by atoms with Crippen molar-refractivity contribution < 1.29 is 0 Å². The predicted octanol–water partition coefficient (Wildman–Crippen LogP) is 4.32. The number of rotatable bonds is 2. The number of nitrogens with one attached hydrogen (secondary N) is 1. The molecule has 0 unspecified atom stereocenters. The van der Waals surface area contributed by atoms with Crippen molar-refractivity contribution in [2.24, 2.45) is 0 Å². The van der Waals surface area contributed by atoms with E-state index in [1.807, 2.05) is 26.0 Å². The van der Waals surface area contributed by atoms with Gasteiger partial charge in [-0.2, -0.15) is 4.52 Å². The third-order valence-corrected chi connectivity index (χ3v) is 4.85. The smallest absolute Gasteiger partial charge is 0.283 e. The van der Waals surface area contributed by atoms with E-state index in [4.69, 9.17) is 11.6 Å². The van der Waals surface area contributed by atoms with E-state index in [9.17, 15) is 4.79 Å². The predicted molar refractivity (Wildman–Crippen MR) is 98.8 cm³/mol. The Morgan fingerprint density at radius 2 is 2.00 bits per heavy atom. The summed E-state index contributed by atoms with van der Waals surface area (Å²) in [6.07, 6.45) is 0. The van der Waals surface area contributed by atoms with Crippen molar-refractivity contribution in [3.63, 3.8) is 0 Å². The Morgan fingerprint density at radius 1 is 1.17 bits per heavy atom. The lowest BCUT2D eigenvalue weighted by atomic mass is 10.1. The summed E-state index contributed by atoms with van der Waals surface area (Å²) in [6, 6.07) is 11.2. The maximum Gasteiger partial charge on any atom is 0.283 e. The van der Waals surface area contributed by atoms with E-state index in [-0.39, 0.29) is 5.56 Å². The quantitative estimate of drug-likeness (QED) is 0.581. The van der Waals surface area contributed by atoms with Crippen molar-refractivity contribution in [1.82, 2.24) is 14.6 Å². The van der Waals surface area contributed by atoms with Gasteiger partial charge in [-0.25, -0.2) is 4.98 Å². The van der Waals surface area contributed by atoms with E-state index in [2.05, 4.69) is 21.5 Å². The first-order valence-electron chi connectivity index (χ1n) is 7.35. The Bertz CT molecular complexity index is 1150. The van der Waals surface area contributed by atoms with E-state index in [0.29, 0.717) is 26.0 Å². The molecule has 2 aromatic heterocycles. The molecule has 24 heavy (non-hydrogen) atoms. The van der Waals surface area contributed by atoms with Crippen LogP contribution in [0.1, 0.15) is 11.1 Å². The fourth-order valence-electron chi connectivity index (χ4n) is 2.52. The lowest BCUT2D eigenvalue weighted by Gasteiger charge is -2.06. The summed E-state index contributed by atoms with van der Waals surface area (Å²) >= 11 is 7.32. The summed E-state index contributed by atoms with van der Waals surface area (Å²) in [5.74, 6) is 0. The molecular formula is C17H13ClN4OS. The Labute approximate surface area is 146 Å². The standard InChI is InChI=1S/C17H13ClN4OS/c1-9-3-4-10(2)14(7-9)19-16-21-22-15(23)12-8-11(18)5-6-13(12)20-17(22)24-16/h3-8H,1-2H3,(H,19,21). The van der Waals surface area contributed by atoms with Crippen LogP contribution in [-0.4, -0.2) is 14.6 Å². The van der Waals surface area contributed by atoms with Gasteiger partial charge in [0.25, 0.3) is 5.56 Å². The largest absolute Gasteiger partial charge is 0.330 e. The van der Waals surface area contributed by atoms with Crippen molar-refractivity contribution in [1.29, 1.82) is 0 Å². The maximum absolute atomic E-state index is 12.6. The molecule has 0 bridgehead atoms. The minimum absolute atomic E-state index is 0.220. The van der Waals surface area contributed by atoms with Crippen molar-refractivity contribution >= 4 is 49.6 Å². The molecule has 7 heteroatoms. The minimum atomic E-state index is -0.220. The fourth-order valence-corrected chi connectivity index (χ4v) is 3.50. The monoisotopic (exact) mass is 356 g/mol. The molecule has 5 nitrogen and oxygen atoms in total. The topological polar surface area (TPSA) is 59.3 Å². The number of hydrogen-bond donors (Lipinski definition) is 1. The summed E-state index contributed by atoms with van der Waals surface area (Å²) in [5, 5.41) is 9.23. The second kappa shape index (κ2) is 5.58. The molecule has 0 spiro atoms. The average Bonchev–Trinajstić information content (AvgIpc) is 2.95. The van der Waals surface area contributed by atoms with Crippen molar-refractivity contribution in [3.8, 4) is 0 Å². The number of aromatic nitrogens is 3. The summed E-state index contributed by atoms with van der Waals surface area (Å²) < 4.78 is 1.32. The second-order valence-electron chi connectivity index (χ2n) is 5.62. The van der Waals surface area contributed by atoms with E-state index in [1.54, 1.807) is 18.2 Å². The number of halogens is 1. The Balaban J connectivity index is 1.86. The maximum atomic E-state index is 12.6. The van der Waals surface area contributed by atoms with Crippen LogP contribution in [-0.2, 0) is 0 Å². The molecule has 1 N–H and O–H groups in total.